The Labute approximate surface area is 116 Å². The van der Waals surface area contributed by atoms with Crippen molar-refractivity contribution < 1.29 is 8.78 Å². The minimum atomic E-state index is -0.845. The minimum absolute atomic E-state index is 0.115. The molecule has 0 aliphatic heterocycles. The largest absolute Gasteiger partial charge is 0.306 e. The number of hydrogen-bond donors (Lipinski definition) is 1. The third-order valence-electron chi connectivity index (χ3n) is 3.11. The molecule has 20 heavy (non-hydrogen) atoms. The maximum Gasteiger partial charge on any atom is 0.159 e. The first-order valence-corrected chi connectivity index (χ1v) is 6.27. The van der Waals surface area contributed by atoms with Crippen LogP contribution in [-0.4, -0.2) is 0 Å². The van der Waals surface area contributed by atoms with Gasteiger partial charge in [0.25, 0.3) is 0 Å². The molecule has 0 spiro atoms. The van der Waals surface area contributed by atoms with Crippen molar-refractivity contribution in [2.45, 2.75) is 19.5 Å². The summed E-state index contributed by atoms with van der Waals surface area (Å²) < 4.78 is 26.0. The quantitative estimate of drug-likeness (QED) is 0.921. The molecule has 0 fully saturated rings. The molecule has 1 N–H and O–H groups in total. The van der Waals surface area contributed by atoms with Crippen LogP contribution < -0.4 is 5.32 Å². The molecule has 0 saturated carbocycles. The number of benzene rings is 2. The molecule has 1 unspecified atom stereocenters. The lowest BCUT2D eigenvalue weighted by Gasteiger charge is -2.14. The molecule has 4 heteroatoms. The van der Waals surface area contributed by atoms with Crippen molar-refractivity contribution in [3.63, 3.8) is 0 Å². The van der Waals surface area contributed by atoms with Crippen LogP contribution in [-0.2, 0) is 6.54 Å². The Balaban J connectivity index is 2.02. The van der Waals surface area contributed by atoms with E-state index in [1.54, 1.807) is 18.2 Å². The zero-order valence-corrected chi connectivity index (χ0v) is 11.0. The molecule has 0 bridgehead atoms. The van der Waals surface area contributed by atoms with Gasteiger partial charge in [0, 0.05) is 12.6 Å². The molecular weight excluding hydrogens is 258 g/mol. The monoisotopic (exact) mass is 272 g/mol. The molecule has 2 aromatic rings. The van der Waals surface area contributed by atoms with E-state index in [9.17, 15) is 8.78 Å². The molecule has 2 aromatic carbocycles. The summed E-state index contributed by atoms with van der Waals surface area (Å²) in [6, 6.07) is 13.1. The van der Waals surface area contributed by atoms with E-state index in [2.05, 4.69) is 11.4 Å². The number of nitrogens with one attached hydrogen (secondary N) is 1. The van der Waals surface area contributed by atoms with Gasteiger partial charge in [-0.1, -0.05) is 18.2 Å². The zero-order chi connectivity index (χ0) is 14.5. The van der Waals surface area contributed by atoms with Gasteiger partial charge in [0.05, 0.1) is 11.6 Å². The highest BCUT2D eigenvalue weighted by Crippen LogP contribution is 2.16. The average molecular weight is 272 g/mol. The van der Waals surface area contributed by atoms with E-state index < -0.39 is 11.6 Å². The lowest BCUT2D eigenvalue weighted by Crippen LogP contribution is -2.18. The summed E-state index contributed by atoms with van der Waals surface area (Å²) in [7, 11) is 0. The smallest absolute Gasteiger partial charge is 0.159 e. The highest BCUT2D eigenvalue weighted by Gasteiger charge is 2.08. The van der Waals surface area contributed by atoms with Crippen LogP contribution in [0.3, 0.4) is 0 Å². The molecule has 102 valence electrons. The van der Waals surface area contributed by atoms with E-state index >= 15 is 0 Å². The molecule has 0 heterocycles. The fourth-order valence-electron chi connectivity index (χ4n) is 1.92. The molecule has 0 amide bonds. The van der Waals surface area contributed by atoms with Crippen molar-refractivity contribution in [1.82, 2.24) is 5.32 Å². The van der Waals surface area contributed by atoms with Gasteiger partial charge in [-0.15, -0.1) is 0 Å². The van der Waals surface area contributed by atoms with Gasteiger partial charge >= 0.3 is 0 Å². The van der Waals surface area contributed by atoms with Crippen molar-refractivity contribution in [2.75, 3.05) is 0 Å². The van der Waals surface area contributed by atoms with E-state index in [1.807, 2.05) is 19.1 Å². The van der Waals surface area contributed by atoms with Crippen LogP contribution in [0.15, 0.2) is 42.5 Å². The van der Waals surface area contributed by atoms with E-state index in [-0.39, 0.29) is 6.04 Å². The summed E-state index contributed by atoms with van der Waals surface area (Å²) >= 11 is 0. The summed E-state index contributed by atoms with van der Waals surface area (Å²) in [5.41, 5.74) is 2.25. The molecule has 2 nitrogen and oxygen atoms in total. The third kappa shape index (κ3) is 3.40. The van der Waals surface area contributed by atoms with Crippen molar-refractivity contribution in [3.05, 3.63) is 70.8 Å². The van der Waals surface area contributed by atoms with Gasteiger partial charge in [0.1, 0.15) is 0 Å². The second-order valence-corrected chi connectivity index (χ2v) is 4.59. The van der Waals surface area contributed by atoms with Gasteiger partial charge in [-0.05, 0) is 42.3 Å². The van der Waals surface area contributed by atoms with Crippen molar-refractivity contribution in [2.24, 2.45) is 0 Å². The van der Waals surface area contributed by atoms with Crippen molar-refractivity contribution in [3.8, 4) is 6.07 Å². The summed E-state index contributed by atoms with van der Waals surface area (Å²) in [6.07, 6.45) is 0. The fraction of sp³-hybridized carbons (Fsp3) is 0.188. The van der Waals surface area contributed by atoms with Crippen LogP contribution in [0.1, 0.15) is 29.7 Å². The average Bonchev–Trinajstić information content (AvgIpc) is 2.47. The van der Waals surface area contributed by atoms with Gasteiger partial charge in [0.15, 0.2) is 11.6 Å². The maximum atomic E-state index is 13.2. The fourth-order valence-corrected chi connectivity index (χ4v) is 1.92. The van der Waals surface area contributed by atoms with Gasteiger partial charge in [-0.2, -0.15) is 5.26 Å². The normalized spacial score (nSPS) is 11.9. The highest BCUT2D eigenvalue weighted by atomic mass is 19.2. The van der Waals surface area contributed by atoms with Gasteiger partial charge in [0.2, 0.25) is 0 Å². The second-order valence-electron chi connectivity index (χ2n) is 4.59. The van der Waals surface area contributed by atoms with Crippen molar-refractivity contribution >= 4 is 0 Å². The summed E-state index contributed by atoms with van der Waals surface area (Å²) in [5.74, 6) is -1.69. The van der Waals surface area contributed by atoms with Crippen LogP contribution in [0, 0.1) is 23.0 Å². The van der Waals surface area contributed by atoms with E-state index in [0.717, 1.165) is 11.6 Å². The Kier molecular flexibility index (Phi) is 4.44. The SMILES string of the molecule is CC(NCc1cccc(C#N)c1)c1ccc(F)c(F)c1. The lowest BCUT2D eigenvalue weighted by atomic mass is 10.1. The first kappa shape index (κ1) is 14.2. The summed E-state index contributed by atoms with van der Waals surface area (Å²) in [5, 5.41) is 12.0. The second kappa shape index (κ2) is 6.27. The van der Waals surface area contributed by atoms with Gasteiger partial charge in [-0.3, -0.25) is 0 Å². The Morgan fingerprint density at radius 3 is 2.65 bits per heavy atom. The number of halogens is 2. The Hall–Kier alpha value is -2.25. The summed E-state index contributed by atoms with van der Waals surface area (Å²) in [6.45, 7) is 2.43. The molecular formula is C16H14F2N2. The highest BCUT2D eigenvalue weighted by molar-refractivity contribution is 5.32. The maximum absolute atomic E-state index is 13.2. The zero-order valence-electron chi connectivity index (χ0n) is 11.0. The van der Waals surface area contributed by atoms with Crippen LogP contribution in [0.4, 0.5) is 8.78 Å². The predicted octanol–water partition coefficient (Wildman–Crippen LogP) is 3.69. The van der Waals surface area contributed by atoms with E-state index in [0.29, 0.717) is 17.7 Å². The third-order valence-corrected chi connectivity index (χ3v) is 3.11. The number of nitrogens with zero attached hydrogens (tertiary/aromatic N) is 1. The lowest BCUT2D eigenvalue weighted by molar-refractivity contribution is 0.500. The predicted molar refractivity (Wildman–Crippen MR) is 72.8 cm³/mol. The van der Waals surface area contributed by atoms with Gasteiger partial charge < -0.3 is 5.32 Å². The molecule has 0 radical (unpaired) electrons. The Morgan fingerprint density at radius 1 is 1.15 bits per heavy atom. The molecule has 0 aliphatic carbocycles. The number of hydrogen-bond acceptors (Lipinski definition) is 2. The Morgan fingerprint density at radius 2 is 1.95 bits per heavy atom. The Bertz CT molecular complexity index is 647. The number of nitriles is 1. The van der Waals surface area contributed by atoms with E-state index in [4.69, 9.17) is 5.26 Å². The standard InChI is InChI=1S/C16H14F2N2/c1-11(14-5-6-15(17)16(18)8-14)20-10-13-4-2-3-12(7-13)9-19/h2-8,11,20H,10H2,1H3. The van der Waals surface area contributed by atoms with Gasteiger partial charge in [-0.25, -0.2) is 8.78 Å². The van der Waals surface area contributed by atoms with E-state index in [1.165, 1.54) is 6.07 Å². The first-order valence-electron chi connectivity index (χ1n) is 6.27. The first-order chi connectivity index (χ1) is 9.60. The molecule has 0 saturated heterocycles. The number of rotatable bonds is 4. The molecule has 2 rings (SSSR count). The molecule has 0 aromatic heterocycles. The van der Waals surface area contributed by atoms with Crippen LogP contribution in [0.2, 0.25) is 0 Å². The molecule has 1 atom stereocenters. The van der Waals surface area contributed by atoms with Crippen molar-refractivity contribution in [1.29, 1.82) is 5.26 Å². The topological polar surface area (TPSA) is 35.8 Å². The van der Waals surface area contributed by atoms with Crippen LogP contribution in [0.25, 0.3) is 0 Å². The van der Waals surface area contributed by atoms with Crippen LogP contribution in [0.5, 0.6) is 0 Å². The minimum Gasteiger partial charge on any atom is -0.306 e. The van der Waals surface area contributed by atoms with Crippen LogP contribution >= 0.6 is 0 Å². The summed E-state index contributed by atoms with van der Waals surface area (Å²) in [4.78, 5) is 0. The molecule has 0 aliphatic rings.